The first-order chi connectivity index (χ1) is 4.83. The Bertz CT molecular complexity index is 89.4. The van der Waals surface area contributed by atoms with Crippen LogP contribution in [0.25, 0.3) is 0 Å². The van der Waals surface area contributed by atoms with Gasteiger partial charge in [-0.05, 0) is 19.3 Å². The molecule has 0 aromatic rings. The van der Waals surface area contributed by atoms with Crippen molar-refractivity contribution >= 4 is 0 Å². The van der Waals surface area contributed by atoms with Crippen LogP contribution in [0.15, 0.2) is 0 Å². The summed E-state index contributed by atoms with van der Waals surface area (Å²) in [7, 11) is 3.42. The van der Waals surface area contributed by atoms with Gasteiger partial charge in [-0.25, -0.2) is 0 Å². The maximum Gasteiger partial charge on any atom is 0.167 e. The predicted molar refractivity (Wildman–Crippen MR) is 39.5 cm³/mol. The van der Waals surface area contributed by atoms with Gasteiger partial charge in [0.15, 0.2) is 5.79 Å². The minimum Gasteiger partial charge on any atom is -0.353 e. The van der Waals surface area contributed by atoms with Crippen LogP contribution in [0, 0.1) is 6.42 Å². The molecule has 1 aliphatic rings. The molecule has 0 heterocycles. The normalized spacial score (nSPS) is 24.6. The minimum atomic E-state index is -0.293. The van der Waals surface area contributed by atoms with Crippen molar-refractivity contribution in [3.63, 3.8) is 0 Å². The molecule has 0 spiro atoms. The summed E-state index contributed by atoms with van der Waals surface area (Å²) in [5, 5.41) is 0. The molecule has 59 valence electrons. The summed E-state index contributed by atoms with van der Waals surface area (Å²) < 4.78 is 10.5. The van der Waals surface area contributed by atoms with Crippen LogP contribution in [0.2, 0.25) is 0 Å². The molecular formula is C8H15O2. The highest BCUT2D eigenvalue weighted by atomic mass is 16.7. The zero-order chi connectivity index (χ0) is 7.45. The van der Waals surface area contributed by atoms with Crippen molar-refractivity contribution in [2.24, 2.45) is 0 Å². The third-order valence-electron chi connectivity index (χ3n) is 2.17. The van der Waals surface area contributed by atoms with Gasteiger partial charge >= 0.3 is 0 Å². The quantitative estimate of drug-likeness (QED) is 0.548. The van der Waals surface area contributed by atoms with Gasteiger partial charge in [-0.1, -0.05) is 0 Å². The van der Waals surface area contributed by atoms with Gasteiger partial charge in [-0.3, -0.25) is 0 Å². The Hall–Kier alpha value is -0.0800. The van der Waals surface area contributed by atoms with Crippen LogP contribution in [-0.4, -0.2) is 20.0 Å². The number of rotatable bonds is 2. The fourth-order valence-corrected chi connectivity index (χ4v) is 1.39. The van der Waals surface area contributed by atoms with Gasteiger partial charge in [0, 0.05) is 27.1 Å². The molecule has 0 bridgehead atoms. The molecule has 0 aromatic carbocycles. The van der Waals surface area contributed by atoms with Crippen LogP contribution in [0.4, 0.5) is 0 Å². The van der Waals surface area contributed by atoms with Gasteiger partial charge in [0.2, 0.25) is 0 Å². The lowest BCUT2D eigenvalue weighted by Gasteiger charge is -2.33. The third kappa shape index (κ3) is 1.50. The van der Waals surface area contributed by atoms with E-state index in [1.807, 2.05) is 0 Å². The van der Waals surface area contributed by atoms with Crippen LogP contribution >= 0.6 is 0 Å². The molecule has 0 saturated heterocycles. The second kappa shape index (κ2) is 3.35. The van der Waals surface area contributed by atoms with Gasteiger partial charge in [0.25, 0.3) is 0 Å². The van der Waals surface area contributed by atoms with E-state index in [1.54, 1.807) is 14.2 Å². The van der Waals surface area contributed by atoms with E-state index in [0.29, 0.717) is 0 Å². The van der Waals surface area contributed by atoms with Crippen molar-refractivity contribution in [2.45, 2.75) is 31.5 Å². The first-order valence-corrected chi connectivity index (χ1v) is 3.75. The summed E-state index contributed by atoms with van der Waals surface area (Å²) in [5.74, 6) is -0.293. The van der Waals surface area contributed by atoms with E-state index in [-0.39, 0.29) is 5.79 Å². The molecule has 1 fully saturated rings. The summed E-state index contributed by atoms with van der Waals surface area (Å²) in [4.78, 5) is 0. The van der Waals surface area contributed by atoms with Crippen molar-refractivity contribution in [3.8, 4) is 0 Å². The number of ether oxygens (including phenoxy) is 2. The van der Waals surface area contributed by atoms with Crippen molar-refractivity contribution in [1.82, 2.24) is 0 Å². The monoisotopic (exact) mass is 143 g/mol. The van der Waals surface area contributed by atoms with Gasteiger partial charge in [0.05, 0.1) is 0 Å². The van der Waals surface area contributed by atoms with E-state index in [4.69, 9.17) is 9.47 Å². The largest absolute Gasteiger partial charge is 0.353 e. The molecule has 0 atom stereocenters. The highest BCUT2D eigenvalue weighted by Crippen LogP contribution is 2.30. The Morgan fingerprint density at radius 3 is 2.30 bits per heavy atom. The summed E-state index contributed by atoms with van der Waals surface area (Å²) >= 11 is 0. The first kappa shape index (κ1) is 8.02. The van der Waals surface area contributed by atoms with Crippen molar-refractivity contribution in [1.29, 1.82) is 0 Å². The molecule has 0 aliphatic heterocycles. The SMILES string of the molecule is COC1(OC)C[CH]CCC1. The average Bonchev–Trinajstić information content (AvgIpc) is 2.06. The number of hydrogen-bond donors (Lipinski definition) is 0. The lowest BCUT2D eigenvalue weighted by Crippen LogP contribution is -2.35. The molecule has 10 heavy (non-hydrogen) atoms. The number of methoxy groups -OCH3 is 2. The van der Waals surface area contributed by atoms with Gasteiger partial charge < -0.3 is 9.47 Å². The van der Waals surface area contributed by atoms with Crippen molar-refractivity contribution in [2.75, 3.05) is 14.2 Å². The van der Waals surface area contributed by atoms with Crippen LogP contribution in [0.1, 0.15) is 25.7 Å². The first-order valence-electron chi connectivity index (χ1n) is 3.75. The molecular weight excluding hydrogens is 128 g/mol. The Balaban J connectivity index is 2.44. The summed E-state index contributed by atoms with van der Waals surface area (Å²) in [6, 6.07) is 0. The van der Waals surface area contributed by atoms with Crippen LogP contribution in [-0.2, 0) is 9.47 Å². The minimum absolute atomic E-state index is 0.293. The van der Waals surface area contributed by atoms with Crippen LogP contribution in [0.5, 0.6) is 0 Å². The van der Waals surface area contributed by atoms with E-state index >= 15 is 0 Å². The lowest BCUT2D eigenvalue weighted by molar-refractivity contribution is -0.215. The van der Waals surface area contributed by atoms with Gasteiger partial charge in [0.1, 0.15) is 0 Å². The maximum absolute atomic E-state index is 5.27. The molecule has 1 aliphatic carbocycles. The Kier molecular flexibility index (Phi) is 2.69. The Labute approximate surface area is 62.5 Å². The maximum atomic E-state index is 5.27. The molecule has 2 heteroatoms. The zero-order valence-corrected chi connectivity index (χ0v) is 6.72. The highest BCUT2D eigenvalue weighted by Gasteiger charge is 2.31. The fourth-order valence-electron chi connectivity index (χ4n) is 1.39. The standard InChI is InChI=1S/C8H15O2/c1-9-8(10-2)6-4-3-5-7-8/h4H,3,5-7H2,1-2H3. The Morgan fingerprint density at radius 1 is 1.30 bits per heavy atom. The molecule has 2 nitrogen and oxygen atoms in total. The van der Waals surface area contributed by atoms with E-state index in [2.05, 4.69) is 6.42 Å². The average molecular weight is 143 g/mol. The molecule has 1 rings (SSSR count). The fraction of sp³-hybridized carbons (Fsp3) is 0.875. The van der Waals surface area contributed by atoms with E-state index in [9.17, 15) is 0 Å². The van der Waals surface area contributed by atoms with Crippen molar-refractivity contribution in [3.05, 3.63) is 6.42 Å². The Morgan fingerprint density at radius 2 is 2.00 bits per heavy atom. The molecule has 0 N–H and O–H groups in total. The smallest absolute Gasteiger partial charge is 0.167 e. The molecule has 1 radical (unpaired) electrons. The second-order valence-electron chi connectivity index (χ2n) is 2.70. The molecule has 1 saturated carbocycles. The van der Waals surface area contributed by atoms with Crippen LogP contribution in [0.3, 0.4) is 0 Å². The second-order valence-corrected chi connectivity index (χ2v) is 2.70. The van der Waals surface area contributed by atoms with Crippen molar-refractivity contribution < 1.29 is 9.47 Å². The third-order valence-corrected chi connectivity index (χ3v) is 2.17. The van der Waals surface area contributed by atoms with Gasteiger partial charge in [-0.2, -0.15) is 0 Å². The van der Waals surface area contributed by atoms with Gasteiger partial charge in [-0.15, -0.1) is 0 Å². The molecule has 0 aromatic heterocycles. The summed E-state index contributed by atoms with van der Waals surface area (Å²) in [6.45, 7) is 0. The van der Waals surface area contributed by atoms with E-state index < -0.39 is 0 Å². The van der Waals surface area contributed by atoms with E-state index in [1.165, 1.54) is 12.8 Å². The zero-order valence-electron chi connectivity index (χ0n) is 6.72. The predicted octanol–water partition coefficient (Wildman–Crippen LogP) is 1.75. The van der Waals surface area contributed by atoms with Crippen LogP contribution < -0.4 is 0 Å². The summed E-state index contributed by atoms with van der Waals surface area (Å²) in [5.41, 5.74) is 0. The highest BCUT2D eigenvalue weighted by molar-refractivity contribution is 4.84. The van der Waals surface area contributed by atoms with E-state index in [0.717, 1.165) is 12.8 Å². The summed E-state index contributed by atoms with van der Waals surface area (Å²) in [6.07, 6.45) is 6.57. The topological polar surface area (TPSA) is 18.5 Å². The molecule has 0 amide bonds. The lowest BCUT2D eigenvalue weighted by atomic mass is 9.94. The number of hydrogen-bond acceptors (Lipinski definition) is 2. The molecule has 0 unspecified atom stereocenters.